The van der Waals surface area contributed by atoms with Gasteiger partial charge in [-0.1, -0.05) is 55.2 Å². The number of aryl methyl sites for hydroxylation is 1. The van der Waals surface area contributed by atoms with E-state index in [2.05, 4.69) is 43.3 Å². The first-order valence-corrected chi connectivity index (χ1v) is 12.9. The molecule has 2 nitrogen and oxygen atoms in total. The fourth-order valence-electron chi connectivity index (χ4n) is 7.13. The summed E-state index contributed by atoms with van der Waals surface area (Å²) in [4.78, 5) is 13.4. The number of allylic oxidation sites excluding steroid dienone is 4. The summed E-state index contributed by atoms with van der Waals surface area (Å²) in [6, 6.07) is 10.7. The number of benzene rings is 1. The van der Waals surface area contributed by atoms with Crippen LogP contribution in [0.1, 0.15) is 83.1 Å². The van der Waals surface area contributed by atoms with Gasteiger partial charge in [-0.3, -0.25) is 4.79 Å². The van der Waals surface area contributed by atoms with Crippen LogP contribution in [0.5, 0.6) is 0 Å². The second-order valence-corrected chi connectivity index (χ2v) is 10.5. The Bertz CT molecular complexity index is 849. The Hall–Kier alpha value is -1.83. The smallest absolute Gasteiger partial charge is 0.148 e. The van der Waals surface area contributed by atoms with Gasteiger partial charge in [-0.15, -0.1) is 0 Å². The molecule has 0 aromatic heterocycles. The minimum Gasteiger partial charge on any atom is -0.495 e. The van der Waals surface area contributed by atoms with E-state index in [1.807, 2.05) is 0 Å². The Kier molecular flexibility index (Phi) is 6.34. The lowest BCUT2D eigenvalue weighted by Gasteiger charge is -2.50. The zero-order valence-electron chi connectivity index (χ0n) is 19.2. The third-order valence-corrected chi connectivity index (χ3v) is 8.47. The molecule has 2 saturated carbocycles. The predicted molar refractivity (Wildman–Crippen MR) is 126 cm³/mol. The van der Waals surface area contributed by atoms with Crippen LogP contribution in [0.2, 0.25) is 0 Å². The van der Waals surface area contributed by atoms with Crippen LogP contribution < -0.4 is 0 Å². The fraction of sp³-hybridized carbons (Fsp3) is 0.621. The monoisotopic (exact) mass is 418 g/mol. The number of ether oxygens (including phenoxy) is 1. The predicted octanol–water partition coefficient (Wildman–Crippen LogP) is 7.19. The quantitative estimate of drug-likeness (QED) is 0.488. The van der Waals surface area contributed by atoms with Crippen molar-refractivity contribution < 1.29 is 9.53 Å². The van der Waals surface area contributed by atoms with Crippen molar-refractivity contribution in [2.75, 3.05) is 0 Å². The molecule has 31 heavy (non-hydrogen) atoms. The molecule has 166 valence electrons. The SMILES string of the molecule is CC(CCCc1ccccc1)OC1=CC2=C3CCCCC3C3CCCCC3C2C(=O)C1. The van der Waals surface area contributed by atoms with Crippen LogP contribution >= 0.6 is 0 Å². The van der Waals surface area contributed by atoms with E-state index < -0.39 is 0 Å². The topological polar surface area (TPSA) is 26.3 Å². The highest BCUT2D eigenvalue weighted by Crippen LogP contribution is 2.55. The van der Waals surface area contributed by atoms with Crippen LogP contribution in [-0.2, 0) is 16.0 Å². The molecule has 0 N–H and O–H groups in total. The maximum Gasteiger partial charge on any atom is 0.148 e. The highest BCUT2D eigenvalue weighted by molar-refractivity contribution is 5.89. The Morgan fingerprint density at radius 1 is 1.00 bits per heavy atom. The van der Waals surface area contributed by atoms with Crippen molar-refractivity contribution in [1.82, 2.24) is 0 Å². The van der Waals surface area contributed by atoms with Gasteiger partial charge in [0.05, 0.1) is 12.5 Å². The molecule has 4 aliphatic carbocycles. The maximum absolute atomic E-state index is 13.4. The molecule has 1 aromatic rings. The molecule has 5 atom stereocenters. The number of hydrogen-bond acceptors (Lipinski definition) is 2. The van der Waals surface area contributed by atoms with Crippen LogP contribution in [0.4, 0.5) is 0 Å². The average Bonchev–Trinajstić information content (AvgIpc) is 2.80. The molecule has 5 rings (SSSR count). The number of carbonyl (C=O) groups is 1. The molecule has 0 aliphatic heterocycles. The van der Waals surface area contributed by atoms with Gasteiger partial charge in [-0.2, -0.15) is 0 Å². The first-order chi connectivity index (χ1) is 15.2. The molecule has 0 heterocycles. The summed E-state index contributed by atoms with van der Waals surface area (Å²) in [5.41, 5.74) is 4.44. The van der Waals surface area contributed by atoms with Crippen LogP contribution in [0.15, 0.2) is 53.3 Å². The van der Waals surface area contributed by atoms with E-state index in [9.17, 15) is 4.79 Å². The van der Waals surface area contributed by atoms with Crippen molar-refractivity contribution in [3.05, 3.63) is 58.9 Å². The number of ketones is 1. The van der Waals surface area contributed by atoms with Gasteiger partial charge in [0.2, 0.25) is 0 Å². The number of Topliss-reactive ketones (excluding diaryl/α,β-unsaturated/α-hetero) is 1. The van der Waals surface area contributed by atoms with Crippen molar-refractivity contribution in [2.24, 2.45) is 23.7 Å². The van der Waals surface area contributed by atoms with Crippen molar-refractivity contribution in [2.45, 2.75) is 90.1 Å². The van der Waals surface area contributed by atoms with E-state index in [4.69, 9.17) is 4.74 Å². The van der Waals surface area contributed by atoms with Gasteiger partial charge < -0.3 is 4.74 Å². The van der Waals surface area contributed by atoms with Gasteiger partial charge in [0, 0.05) is 5.92 Å². The van der Waals surface area contributed by atoms with Gasteiger partial charge in [0.1, 0.15) is 11.5 Å². The van der Waals surface area contributed by atoms with Gasteiger partial charge in [0.25, 0.3) is 0 Å². The Morgan fingerprint density at radius 3 is 2.61 bits per heavy atom. The highest BCUT2D eigenvalue weighted by Gasteiger charge is 2.48. The minimum absolute atomic E-state index is 0.165. The van der Waals surface area contributed by atoms with Gasteiger partial charge >= 0.3 is 0 Å². The van der Waals surface area contributed by atoms with Crippen LogP contribution in [0, 0.1) is 23.7 Å². The second-order valence-electron chi connectivity index (χ2n) is 10.5. The molecule has 2 heteroatoms. The Balaban J connectivity index is 1.30. The fourth-order valence-corrected chi connectivity index (χ4v) is 7.13. The van der Waals surface area contributed by atoms with Crippen molar-refractivity contribution >= 4 is 5.78 Å². The molecule has 0 radical (unpaired) electrons. The van der Waals surface area contributed by atoms with Gasteiger partial charge in [0.15, 0.2) is 0 Å². The summed E-state index contributed by atoms with van der Waals surface area (Å²) >= 11 is 0. The number of fused-ring (bicyclic) bond motifs is 5. The van der Waals surface area contributed by atoms with Crippen molar-refractivity contribution in [1.29, 1.82) is 0 Å². The lowest BCUT2D eigenvalue weighted by molar-refractivity contribution is -0.125. The van der Waals surface area contributed by atoms with Crippen molar-refractivity contribution in [3.63, 3.8) is 0 Å². The lowest BCUT2D eigenvalue weighted by atomic mass is 9.54. The molecule has 5 unspecified atom stereocenters. The van der Waals surface area contributed by atoms with Gasteiger partial charge in [-0.25, -0.2) is 0 Å². The van der Waals surface area contributed by atoms with E-state index in [0.717, 1.165) is 36.9 Å². The Morgan fingerprint density at radius 2 is 1.77 bits per heavy atom. The molecular weight excluding hydrogens is 380 g/mol. The molecule has 0 bridgehead atoms. The van der Waals surface area contributed by atoms with Crippen LogP contribution in [0.3, 0.4) is 0 Å². The minimum atomic E-state index is 0.165. The zero-order chi connectivity index (χ0) is 21.2. The summed E-state index contributed by atoms with van der Waals surface area (Å²) in [6.45, 7) is 2.17. The van der Waals surface area contributed by atoms with Crippen molar-refractivity contribution in [3.8, 4) is 0 Å². The number of rotatable bonds is 6. The third-order valence-electron chi connectivity index (χ3n) is 8.47. The van der Waals surface area contributed by atoms with Crippen LogP contribution in [-0.4, -0.2) is 11.9 Å². The molecular formula is C29H38O2. The maximum atomic E-state index is 13.4. The molecule has 0 spiro atoms. The molecule has 2 fully saturated rings. The lowest BCUT2D eigenvalue weighted by Crippen LogP contribution is -2.44. The molecule has 0 saturated heterocycles. The summed E-state index contributed by atoms with van der Waals surface area (Å²) in [5, 5.41) is 0. The number of carbonyl (C=O) groups excluding carboxylic acids is 1. The van der Waals surface area contributed by atoms with E-state index in [-0.39, 0.29) is 12.0 Å². The second kappa shape index (κ2) is 9.35. The first kappa shape index (κ1) is 21.0. The summed E-state index contributed by atoms with van der Waals surface area (Å²) in [7, 11) is 0. The van der Waals surface area contributed by atoms with E-state index in [1.165, 1.54) is 62.5 Å². The standard InChI is InChI=1S/C29H38O2/c1-20(10-9-13-21-11-3-2-4-12-21)31-22-18-27-25-16-6-5-14-23(25)24-15-7-8-17-26(24)29(27)28(30)19-22/h2-4,11-12,18,20,23-24,26,29H,5-10,13-17,19H2,1H3. The number of hydrogen-bond donors (Lipinski definition) is 0. The van der Waals surface area contributed by atoms with Gasteiger partial charge in [-0.05, 0) is 93.3 Å². The summed E-state index contributed by atoms with van der Waals surface area (Å²) in [6.07, 6.45) is 16.8. The third kappa shape index (κ3) is 4.41. The Labute approximate surface area is 188 Å². The van der Waals surface area contributed by atoms with E-state index >= 15 is 0 Å². The summed E-state index contributed by atoms with van der Waals surface area (Å²) < 4.78 is 6.37. The van der Waals surface area contributed by atoms with Crippen LogP contribution in [0.25, 0.3) is 0 Å². The average molecular weight is 419 g/mol. The normalized spacial score (nSPS) is 31.3. The zero-order valence-corrected chi connectivity index (χ0v) is 19.2. The van der Waals surface area contributed by atoms with E-state index in [0.29, 0.717) is 18.1 Å². The molecule has 0 amide bonds. The molecule has 4 aliphatic rings. The molecule has 1 aromatic carbocycles. The summed E-state index contributed by atoms with van der Waals surface area (Å²) in [5.74, 6) is 3.68. The highest BCUT2D eigenvalue weighted by atomic mass is 16.5. The first-order valence-electron chi connectivity index (χ1n) is 12.9. The largest absolute Gasteiger partial charge is 0.495 e. The van der Waals surface area contributed by atoms with E-state index in [1.54, 1.807) is 5.57 Å².